The van der Waals surface area contributed by atoms with E-state index in [1.807, 2.05) is 32.9 Å². The third kappa shape index (κ3) is 4.14. The van der Waals surface area contributed by atoms with E-state index < -0.39 is 10.0 Å². The lowest BCUT2D eigenvalue weighted by Gasteiger charge is -2.13. The first-order valence-electron chi connectivity index (χ1n) is 5.68. The molecule has 1 aromatic rings. The van der Waals surface area contributed by atoms with E-state index in [2.05, 4.69) is 20.7 Å². The van der Waals surface area contributed by atoms with Crippen LogP contribution in [0.5, 0.6) is 0 Å². The minimum absolute atomic E-state index is 0.617. The van der Waals surface area contributed by atoms with Crippen LogP contribution >= 0.6 is 15.9 Å². The van der Waals surface area contributed by atoms with Crippen LogP contribution < -0.4 is 4.72 Å². The molecule has 0 atom stereocenters. The normalized spacial score (nSPS) is 13.2. The molecular weight excluding hydrogens is 314 g/mol. The molecule has 0 aromatic heterocycles. The molecule has 1 aromatic carbocycles. The van der Waals surface area contributed by atoms with Gasteiger partial charge in [0.15, 0.2) is 0 Å². The molecule has 0 heterocycles. The van der Waals surface area contributed by atoms with E-state index in [0.717, 1.165) is 33.9 Å². The highest BCUT2D eigenvalue weighted by atomic mass is 79.9. The second-order valence-corrected chi connectivity index (χ2v) is 7.01. The van der Waals surface area contributed by atoms with Crippen molar-refractivity contribution in [1.29, 1.82) is 0 Å². The zero-order valence-electron chi connectivity index (χ0n) is 11.0. The van der Waals surface area contributed by atoms with Gasteiger partial charge in [-0.1, -0.05) is 34.5 Å². The summed E-state index contributed by atoms with van der Waals surface area (Å²) in [6, 6.07) is 5.68. The molecule has 5 heteroatoms. The molecule has 0 aliphatic carbocycles. The van der Waals surface area contributed by atoms with Gasteiger partial charge in [-0.25, -0.2) is 8.42 Å². The van der Waals surface area contributed by atoms with E-state index in [9.17, 15) is 8.42 Å². The lowest BCUT2D eigenvalue weighted by atomic mass is 10.0. The molecule has 0 aliphatic rings. The minimum atomic E-state index is -3.27. The van der Waals surface area contributed by atoms with E-state index in [1.54, 1.807) is 6.07 Å². The molecule has 18 heavy (non-hydrogen) atoms. The predicted molar refractivity (Wildman–Crippen MR) is 81.5 cm³/mol. The summed E-state index contributed by atoms with van der Waals surface area (Å²) in [4.78, 5) is 0. The standard InChI is InChI=1S/C13H18BrNO2S/c1-5-12(14)10(3)11-8-9(2)6-7-13(11)15-18(4,16)17/h6-8,15H,5H2,1-4H3/b12-10+. The Morgan fingerprint density at radius 2 is 2.00 bits per heavy atom. The molecule has 0 bridgehead atoms. The van der Waals surface area contributed by atoms with Crippen LogP contribution in [0.25, 0.3) is 5.57 Å². The number of allylic oxidation sites excluding steroid dienone is 2. The van der Waals surface area contributed by atoms with E-state index >= 15 is 0 Å². The Morgan fingerprint density at radius 3 is 2.50 bits per heavy atom. The van der Waals surface area contributed by atoms with Crippen molar-refractivity contribution in [3.63, 3.8) is 0 Å². The molecule has 0 unspecified atom stereocenters. The summed E-state index contributed by atoms with van der Waals surface area (Å²) in [6.07, 6.45) is 2.03. The van der Waals surface area contributed by atoms with Gasteiger partial charge < -0.3 is 0 Å². The average Bonchev–Trinajstić information content (AvgIpc) is 2.27. The molecule has 100 valence electrons. The molecular formula is C13H18BrNO2S. The van der Waals surface area contributed by atoms with E-state index in [1.165, 1.54) is 0 Å². The van der Waals surface area contributed by atoms with Gasteiger partial charge in [0, 0.05) is 5.56 Å². The molecule has 0 saturated heterocycles. The van der Waals surface area contributed by atoms with Crippen LogP contribution in [-0.4, -0.2) is 14.7 Å². The first kappa shape index (κ1) is 15.2. The van der Waals surface area contributed by atoms with Crippen molar-refractivity contribution in [2.75, 3.05) is 11.0 Å². The number of aryl methyl sites for hydroxylation is 1. The third-order valence-electron chi connectivity index (χ3n) is 2.59. The van der Waals surface area contributed by atoms with Crippen LogP contribution in [0.15, 0.2) is 22.7 Å². The number of hydrogen-bond donors (Lipinski definition) is 1. The van der Waals surface area contributed by atoms with Gasteiger partial charge in [-0.3, -0.25) is 4.72 Å². The largest absolute Gasteiger partial charge is 0.283 e. The van der Waals surface area contributed by atoms with Crippen molar-refractivity contribution in [1.82, 2.24) is 0 Å². The number of nitrogens with one attached hydrogen (secondary N) is 1. The number of anilines is 1. The first-order valence-corrected chi connectivity index (χ1v) is 8.37. The summed E-state index contributed by atoms with van der Waals surface area (Å²) >= 11 is 3.52. The van der Waals surface area contributed by atoms with Crippen LogP contribution in [0.4, 0.5) is 5.69 Å². The van der Waals surface area contributed by atoms with Crippen LogP contribution in [0, 0.1) is 6.92 Å². The minimum Gasteiger partial charge on any atom is -0.283 e. The number of rotatable bonds is 4. The Hall–Kier alpha value is -0.810. The second-order valence-electron chi connectivity index (χ2n) is 4.31. The smallest absolute Gasteiger partial charge is 0.229 e. The lowest BCUT2D eigenvalue weighted by molar-refractivity contribution is 0.607. The van der Waals surface area contributed by atoms with Gasteiger partial charge in [-0.15, -0.1) is 0 Å². The Labute approximate surface area is 117 Å². The van der Waals surface area contributed by atoms with Gasteiger partial charge in [-0.05, 0) is 42.5 Å². The molecule has 0 fully saturated rings. The summed E-state index contributed by atoms with van der Waals surface area (Å²) in [5, 5.41) is 0. The highest BCUT2D eigenvalue weighted by molar-refractivity contribution is 9.11. The highest BCUT2D eigenvalue weighted by Gasteiger charge is 2.11. The topological polar surface area (TPSA) is 46.2 Å². The maximum absolute atomic E-state index is 11.4. The van der Waals surface area contributed by atoms with Crippen LogP contribution in [0.2, 0.25) is 0 Å². The van der Waals surface area contributed by atoms with Crippen molar-refractivity contribution in [2.45, 2.75) is 27.2 Å². The van der Waals surface area contributed by atoms with Gasteiger partial charge in [0.25, 0.3) is 0 Å². The van der Waals surface area contributed by atoms with Gasteiger partial charge in [0.05, 0.1) is 11.9 Å². The zero-order chi connectivity index (χ0) is 13.9. The summed E-state index contributed by atoms with van der Waals surface area (Å²) in [5.74, 6) is 0. The Morgan fingerprint density at radius 1 is 1.39 bits per heavy atom. The lowest BCUT2D eigenvalue weighted by Crippen LogP contribution is -2.11. The average molecular weight is 332 g/mol. The fourth-order valence-corrected chi connectivity index (χ4v) is 2.46. The van der Waals surface area contributed by atoms with Gasteiger partial charge in [0.2, 0.25) is 10.0 Å². The summed E-state index contributed by atoms with van der Waals surface area (Å²) < 4.78 is 26.3. The van der Waals surface area contributed by atoms with Crippen molar-refractivity contribution in [2.24, 2.45) is 0 Å². The predicted octanol–water partition coefficient (Wildman–Crippen LogP) is 3.90. The van der Waals surface area contributed by atoms with E-state index in [4.69, 9.17) is 0 Å². The number of benzene rings is 1. The molecule has 1 rings (SSSR count). The molecule has 0 aliphatic heterocycles. The summed E-state index contributed by atoms with van der Waals surface area (Å²) in [6.45, 7) is 6.02. The van der Waals surface area contributed by atoms with E-state index in [0.29, 0.717) is 5.69 Å². The van der Waals surface area contributed by atoms with E-state index in [-0.39, 0.29) is 0 Å². The molecule has 3 nitrogen and oxygen atoms in total. The zero-order valence-corrected chi connectivity index (χ0v) is 13.4. The van der Waals surface area contributed by atoms with Gasteiger partial charge >= 0.3 is 0 Å². The Bertz CT molecular complexity index is 577. The van der Waals surface area contributed by atoms with Crippen molar-refractivity contribution < 1.29 is 8.42 Å². The fraction of sp³-hybridized carbons (Fsp3) is 0.385. The van der Waals surface area contributed by atoms with Gasteiger partial charge in [0.1, 0.15) is 0 Å². The Kier molecular flexibility index (Phi) is 4.99. The molecule has 0 radical (unpaired) electrons. The molecule has 0 saturated carbocycles. The maximum atomic E-state index is 11.4. The Balaban J connectivity index is 3.37. The molecule has 1 N–H and O–H groups in total. The van der Waals surface area contributed by atoms with Gasteiger partial charge in [-0.2, -0.15) is 0 Å². The number of halogens is 1. The SMILES string of the molecule is CC/C(Br)=C(/C)c1cc(C)ccc1NS(C)(=O)=O. The third-order valence-corrected chi connectivity index (χ3v) is 4.34. The highest BCUT2D eigenvalue weighted by Crippen LogP contribution is 2.31. The fourth-order valence-electron chi connectivity index (χ4n) is 1.67. The van der Waals surface area contributed by atoms with Crippen molar-refractivity contribution in [3.8, 4) is 0 Å². The molecule has 0 amide bonds. The molecule has 0 spiro atoms. The van der Waals surface area contributed by atoms with Crippen LogP contribution in [0.3, 0.4) is 0 Å². The summed E-state index contributed by atoms with van der Waals surface area (Å²) in [5.41, 5.74) is 3.67. The second kappa shape index (κ2) is 5.89. The quantitative estimate of drug-likeness (QED) is 0.909. The monoisotopic (exact) mass is 331 g/mol. The maximum Gasteiger partial charge on any atom is 0.229 e. The first-order chi connectivity index (χ1) is 8.24. The van der Waals surface area contributed by atoms with Crippen molar-refractivity contribution in [3.05, 3.63) is 33.8 Å². The number of hydrogen-bond acceptors (Lipinski definition) is 2. The van der Waals surface area contributed by atoms with Crippen LogP contribution in [0.1, 0.15) is 31.4 Å². The number of sulfonamides is 1. The van der Waals surface area contributed by atoms with Crippen molar-refractivity contribution >= 4 is 37.2 Å². The summed E-state index contributed by atoms with van der Waals surface area (Å²) in [7, 11) is -3.27. The van der Waals surface area contributed by atoms with Crippen LogP contribution in [-0.2, 0) is 10.0 Å².